The first-order chi connectivity index (χ1) is 14.5. The van der Waals surface area contributed by atoms with Gasteiger partial charge >= 0.3 is 5.97 Å². The van der Waals surface area contributed by atoms with E-state index in [2.05, 4.69) is 10.3 Å². The number of methoxy groups -OCH3 is 2. The monoisotopic (exact) mass is 406 g/mol. The van der Waals surface area contributed by atoms with Crippen LogP contribution >= 0.6 is 0 Å². The number of hydrogen-bond acceptors (Lipinski definition) is 6. The Morgan fingerprint density at radius 2 is 1.73 bits per heavy atom. The lowest BCUT2D eigenvalue weighted by atomic mass is 10.1. The molecule has 7 nitrogen and oxygen atoms in total. The Hall–Kier alpha value is -3.87. The molecule has 0 saturated heterocycles. The quantitative estimate of drug-likeness (QED) is 0.598. The number of nitrogens with zero attached hydrogens (tertiary/aromatic N) is 1. The number of esters is 1. The summed E-state index contributed by atoms with van der Waals surface area (Å²) in [7, 11) is 2.92. The van der Waals surface area contributed by atoms with E-state index in [1.807, 2.05) is 19.1 Å². The second-order valence-corrected chi connectivity index (χ2v) is 6.45. The largest absolute Gasteiger partial charge is 0.495 e. The van der Waals surface area contributed by atoms with Crippen LogP contribution in [0.2, 0.25) is 0 Å². The van der Waals surface area contributed by atoms with Crippen LogP contribution < -0.4 is 14.8 Å². The number of carbonyl (C=O) groups is 2. The Bertz CT molecular complexity index is 1040. The Kier molecular flexibility index (Phi) is 6.64. The summed E-state index contributed by atoms with van der Waals surface area (Å²) < 4.78 is 16.0. The van der Waals surface area contributed by atoms with Crippen LogP contribution in [0, 0.1) is 6.92 Å². The van der Waals surface area contributed by atoms with Crippen LogP contribution in [0.3, 0.4) is 0 Å². The summed E-state index contributed by atoms with van der Waals surface area (Å²) in [5, 5.41) is 2.80. The minimum atomic E-state index is -1.19. The average molecular weight is 406 g/mol. The molecule has 3 rings (SSSR count). The van der Waals surface area contributed by atoms with Crippen LogP contribution in [0.15, 0.2) is 66.9 Å². The highest BCUT2D eigenvalue weighted by molar-refractivity contribution is 5.99. The third-order valence-corrected chi connectivity index (χ3v) is 4.36. The molecule has 30 heavy (non-hydrogen) atoms. The molecule has 1 unspecified atom stereocenters. The van der Waals surface area contributed by atoms with Crippen molar-refractivity contribution >= 4 is 17.6 Å². The van der Waals surface area contributed by atoms with Crippen molar-refractivity contribution in [3.05, 3.63) is 83.6 Å². The SMILES string of the molecule is COc1ccc(C)cc1NC(=O)C(OC(=O)c1cccnc1OC)c1ccccc1. The molecule has 154 valence electrons. The lowest BCUT2D eigenvalue weighted by Gasteiger charge is -2.19. The second-order valence-electron chi connectivity index (χ2n) is 6.45. The number of carbonyl (C=O) groups excluding carboxylic acids is 2. The number of aryl methyl sites for hydroxylation is 1. The summed E-state index contributed by atoms with van der Waals surface area (Å²) in [6, 6.07) is 17.3. The van der Waals surface area contributed by atoms with Crippen LogP contribution in [0.25, 0.3) is 0 Å². The number of ether oxygens (including phenoxy) is 3. The molecule has 1 amide bonds. The van der Waals surface area contributed by atoms with E-state index in [1.165, 1.54) is 26.5 Å². The Balaban J connectivity index is 1.91. The van der Waals surface area contributed by atoms with E-state index in [-0.39, 0.29) is 11.4 Å². The highest BCUT2D eigenvalue weighted by Gasteiger charge is 2.28. The van der Waals surface area contributed by atoms with E-state index in [9.17, 15) is 9.59 Å². The Labute approximate surface area is 174 Å². The van der Waals surface area contributed by atoms with Crippen LogP contribution in [0.5, 0.6) is 11.6 Å². The molecule has 0 aliphatic heterocycles. The number of rotatable bonds is 7. The molecule has 0 aliphatic carbocycles. The minimum Gasteiger partial charge on any atom is -0.495 e. The molecular weight excluding hydrogens is 384 g/mol. The van der Waals surface area contributed by atoms with Crippen LogP contribution in [0.1, 0.15) is 27.6 Å². The highest BCUT2D eigenvalue weighted by atomic mass is 16.6. The van der Waals surface area contributed by atoms with Gasteiger partial charge in [0.2, 0.25) is 12.0 Å². The first kappa shape index (κ1) is 20.9. The fraction of sp³-hybridized carbons (Fsp3) is 0.174. The van der Waals surface area contributed by atoms with E-state index in [1.54, 1.807) is 42.5 Å². The van der Waals surface area contributed by atoms with Crippen molar-refractivity contribution < 1.29 is 23.8 Å². The lowest BCUT2D eigenvalue weighted by Crippen LogP contribution is -2.26. The van der Waals surface area contributed by atoms with E-state index in [0.717, 1.165) is 5.56 Å². The zero-order valence-electron chi connectivity index (χ0n) is 16.9. The van der Waals surface area contributed by atoms with Gasteiger partial charge in [0.25, 0.3) is 5.91 Å². The van der Waals surface area contributed by atoms with Crippen molar-refractivity contribution in [2.24, 2.45) is 0 Å². The van der Waals surface area contributed by atoms with Gasteiger partial charge < -0.3 is 19.5 Å². The molecule has 2 aromatic carbocycles. The summed E-state index contributed by atoms with van der Waals surface area (Å²) >= 11 is 0. The maximum absolute atomic E-state index is 13.1. The molecule has 0 radical (unpaired) electrons. The zero-order valence-corrected chi connectivity index (χ0v) is 16.9. The summed E-state index contributed by atoms with van der Waals surface area (Å²) in [5.41, 5.74) is 2.08. The fourth-order valence-electron chi connectivity index (χ4n) is 2.90. The number of nitrogens with one attached hydrogen (secondary N) is 1. The summed E-state index contributed by atoms with van der Waals surface area (Å²) in [6.45, 7) is 1.90. The Morgan fingerprint density at radius 3 is 2.43 bits per heavy atom. The van der Waals surface area contributed by atoms with Gasteiger partial charge in [0.15, 0.2) is 0 Å². The van der Waals surface area contributed by atoms with Gasteiger partial charge in [-0.3, -0.25) is 4.79 Å². The number of aromatic nitrogens is 1. The number of pyridine rings is 1. The third kappa shape index (κ3) is 4.75. The first-order valence-corrected chi connectivity index (χ1v) is 9.24. The predicted molar refractivity (Wildman–Crippen MR) is 112 cm³/mol. The van der Waals surface area contributed by atoms with Crippen LogP contribution in [-0.4, -0.2) is 31.1 Å². The number of benzene rings is 2. The maximum atomic E-state index is 13.1. The summed E-state index contributed by atoms with van der Waals surface area (Å²) in [6.07, 6.45) is 0.315. The second kappa shape index (κ2) is 9.56. The van der Waals surface area contributed by atoms with Crippen molar-refractivity contribution in [3.8, 4) is 11.6 Å². The molecule has 0 fully saturated rings. The molecular formula is C23H22N2O5. The Morgan fingerprint density at radius 1 is 0.967 bits per heavy atom. The van der Waals surface area contributed by atoms with Crippen molar-refractivity contribution in [3.63, 3.8) is 0 Å². The van der Waals surface area contributed by atoms with E-state index in [0.29, 0.717) is 17.0 Å². The van der Waals surface area contributed by atoms with Crippen LogP contribution in [-0.2, 0) is 9.53 Å². The molecule has 7 heteroatoms. The van der Waals surface area contributed by atoms with Gasteiger partial charge in [-0.15, -0.1) is 0 Å². The molecule has 3 aromatic rings. The highest BCUT2D eigenvalue weighted by Crippen LogP contribution is 2.28. The minimum absolute atomic E-state index is 0.120. The van der Waals surface area contributed by atoms with Crippen molar-refractivity contribution in [1.29, 1.82) is 0 Å². The first-order valence-electron chi connectivity index (χ1n) is 9.24. The van der Waals surface area contributed by atoms with Gasteiger partial charge in [-0.25, -0.2) is 9.78 Å². The standard InChI is InChI=1S/C23H22N2O5/c1-15-11-12-19(28-2)18(14-15)25-21(26)20(16-8-5-4-6-9-16)30-23(27)17-10-7-13-24-22(17)29-3/h4-14,20H,1-3H3,(H,25,26). The lowest BCUT2D eigenvalue weighted by molar-refractivity contribution is -0.125. The molecule has 1 aromatic heterocycles. The molecule has 1 heterocycles. The van der Waals surface area contributed by atoms with E-state index < -0.39 is 18.0 Å². The average Bonchev–Trinajstić information content (AvgIpc) is 2.78. The van der Waals surface area contributed by atoms with Crippen LogP contribution in [0.4, 0.5) is 5.69 Å². The van der Waals surface area contributed by atoms with Gasteiger partial charge in [0.05, 0.1) is 19.9 Å². The smallest absolute Gasteiger partial charge is 0.344 e. The van der Waals surface area contributed by atoms with Gasteiger partial charge in [-0.1, -0.05) is 36.4 Å². The number of hydrogen-bond donors (Lipinski definition) is 1. The number of amides is 1. The van der Waals surface area contributed by atoms with Crippen molar-refractivity contribution in [2.45, 2.75) is 13.0 Å². The third-order valence-electron chi connectivity index (χ3n) is 4.36. The van der Waals surface area contributed by atoms with Gasteiger partial charge in [0.1, 0.15) is 11.3 Å². The van der Waals surface area contributed by atoms with Gasteiger partial charge in [-0.2, -0.15) is 0 Å². The topological polar surface area (TPSA) is 86.8 Å². The van der Waals surface area contributed by atoms with Crippen molar-refractivity contribution in [1.82, 2.24) is 4.98 Å². The predicted octanol–water partition coefficient (Wildman–Crippen LogP) is 3.94. The zero-order chi connectivity index (χ0) is 21.5. The maximum Gasteiger partial charge on any atom is 0.344 e. The fourth-order valence-corrected chi connectivity index (χ4v) is 2.90. The molecule has 0 bridgehead atoms. The molecule has 0 spiro atoms. The van der Waals surface area contributed by atoms with Crippen molar-refractivity contribution in [2.75, 3.05) is 19.5 Å². The molecule has 1 atom stereocenters. The summed E-state index contributed by atoms with van der Waals surface area (Å²) in [4.78, 5) is 29.9. The molecule has 1 N–H and O–H groups in total. The van der Waals surface area contributed by atoms with Gasteiger partial charge in [0, 0.05) is 11.8 Å². The number of anilines is 1. The van der Waals surface area contributed by atoms with Gasteiger partial charge in [-0.05, 0) is 36.8 Å². The summed E-state index contributed by atoms with van der Waals surface area (Å²) in [5.74, 6) is -0.613. The van der Waals surface area contributed by atoms with E-state index in [4.69, 9.17) is 14.2 Å². The normalized spacial score (nSPS) is 11.3. The molecule has 0 saturated carbocycles. The molecule has 0 aliphatic rings. The van der Waals surface area contributed by atoms with E-state index >= 15 is 0 Å².